The summed E-state index contributed by atoms with van der Waals surface area (Å²) in [6.07, 6.45) is 8.11. The normalized spacial score (nSPS) is 19.1. The van der Waals surface area contributed by atoms with Gasteiger partial charge in [-0.15, -0.1) is 0 Å². The fraction of sp³-hybridized carbons (Fsp3) is 0.458. The van der Waals surface area contributed by atoms with Gasteiger partial charge in [-0.25, -0.2) is 14.9 Å². The summed E-state index contributed by atoms with van der Waals surface area (Å²) in [5.74, 6) is 0.0163. The molecule has 1 saturated heterocycles. The average Bonchev–Trinajstić information content (AvgIpc) is 3.13. The maximum Gasteiger partial charge on any atom is 0.257 e. The highest BCUT2D eigenvalue weighted by Crippen LogP contribution is 2.32. The fourth-order valence-electron chi connectivity index (χ4n) is 4.51. The van der Waals surface area contributed by atoms with Crippen molar-refractivity contribution in [3.63, 3.8) is 0 Å². The number of hydrogen-bond acceptors (Lipinski definition) is 7. The van der Waals surface area contributed by atoms with Crippen LogP contribution in [0.1, 0.15) is 45.4 Å². The zero-order valence-electron chi connectivity index (χ0n) is 18.7. The summed E-state index contributed by atoms with van der Waals surface area (Å²) in [5, 5.41) is 0.513. The monoisotopic (exact) mass is 468 g/mol. The van der Waals surface area contributed by atoms with Gasteiger partial charge in [0.2, 0.25) is 11.8 Å². The second-order valence-corrected chi connectivity index (χ2v) is 9.07. The Morgan fingerprint density at radius 2 is 1.82 bits per heavy atom. The minimum absolute atomic E-state index is 0.000782. The molecule has 33 heavy (non-hydrogen) atoms. The molecule has 1 aliphatic heterocycles. The third kappa shape index (κ3) is 5.35. The zero-order chi connectivity index (χ0) is 23.2. The van der Waals surface area contributed by atoms with Gasteiger partial charge in [0.15, 0.2) is 5.16 Å². The van der Waals surface area contributed by atoms with Gasteiger partial charge >= 0.3 is 0 Å². The molecule has 0 bridgehead atoms. The molecule has 1 unspecified atom stereocenters. The van der Waals surface area contributed by atoms with E-state index in [1.807, 2.05) is 6.92 Å². The lowest BCUT2D eigenvalue weighted by atomic mass is 9.92. The van der Waals surface area contributed by atoms with Crippen LogP contribution in [-0.4, -0.2) is 57.0 Å². The Kier molecular flexibility index (Phi) is 7.59. The molecule has 8 nitrogen and oxygen atoms in total. The quantitative estimate of drug-likeness (QED) is 0.333. The summed E-state index contributed by atoms with van der Waals surface area (Å²) in [7, 11) is 0. The summed E-state index contributed by atoms with van der Waals surface area (Å²) < 4.78 is 5.46. The second-order valence-electron chi connectivity index (χ2n) is 8.13. The number of nitrogens with zero attached hydrogens (tertiary/aromatic N) is 4. The first-order chi connectivity index (χ1) is 16.1. The lowest BCUT2D eigenvalue weighted by Gasteiger charge is -2.37. The Hall–Kier alpha value is -2.94. The molecule has 2 aromatic rings. The van der Waals surface area contributed by atoms with Crippen LogP contribution in [0.25, 0.3) is 0 Å². The van der Waals surface area contributed by atoms with E-state index in [0.717, 1.165) is 32.1 Å². The van der Waals surface area contributed by atoms with Crippen LogP contribution in [0.15, 0.2) is 47.9 Å². The first-order valence-electron chi connectivity index (χ1n) is 11.4. The molecule has 1 atom stereocenters. The van der Waals surface area contributed by atoms with Crippen LogP contribution >= 0.6 is 11.8 Å². The van der Waals surface area contributed by atoms with Gasteiger partial charge in [-0.3, -0.25) is 14.4 Å². The molecule has 174 valence electrons. The van der Waals surface area contributed by atoms with Crippen LogP contribution in [0.2, 0.25) is 0 Å². The number of thioether (sulfide) groups is 1. The van der Waals surface area contributed by atoms with Crippen LogP contribution < -0.4 is 9.64 Å². The number of rotatable bonds is 8. The van der Waals surface area contributed by atoms with Crippen molar-refractivity contribution >= 4 is 35.2 Å². The average molecular weight is 469 g/mol. The zero-order valence-corrected chi connectivity index (χ0v) is 19.5. The lowest BCUT2D eigenvalue weighted by Crippen LogP contribution is -2.52. The van der Waals surface area contributed by atoms with E-state index in [1.54, 1.807) is 47.6 Å². The summed E-state index contributed by atoms with van der Waals surface area (Å²) in [4.78, 5) is 50.9. The number of benzene rings is 1. The number of ether oxygens (including phenoxy) is 1. The standard InChI is InChI=1S/C24H28N4O4S/c1-2-32-19-11-9-18(10-12-19)28-21(29)15-20(23(28)31)27(17-7-4-3-5-8-17)22(30)16-33-24-25-13-6-14-26-24/h6,9-14,17,20H,2-5,7-8,15-16H2,1H3. The van der Waals surface area contributed by atoms with Crippen molar-refractivity contribution in [2.24, 2.45) is 0 Å². The van der Waals surface area contributed by atoms with E-state index < -0.39 is 6.04 Å². The molecule has 1 aliphatic carbocycles. The maximum atomic E-state index is 13.4. The van der Waals surface area contributed by atoms with Crippen molar-refractivity contribution in [1.82, 2.24) is 14.9 Å². The first-order valence-corrected chi connectivity index (χ1v) is 12.4. The molecule has 0 spiro atoms. The van der Waals surface area contributed by atoms with Crippen molar-refractivity contribution < 1.29 is 19.1 Å². The molecule has 9 heteroatoms. The van der Waals surface area contributed by atoms with Crippen LogP contribution in [-0.2, 0) is 14.4 Å². The lowest BCUT2D eigenvalue weighted by molar-refractivity contribution is -0.139. The minimum atomic E-state index is -0.781. The van der Waals surface area contributed by atoms with Gasteiger partial charge in [0.25, 0.3) is 5.91 Å². The number of hydrogen-bond donors (Lipinski definition) is 0. The summed E-state index contributed by atoms with van der Waals surface area (Å²) in [6, 6.07) is 7.80. The van der Waals surface area contributed by atoms with Crippen molar-refractivity contribution in [2.75, 3.05) is 17.3 Å². The van der Waals surface area contributed by atoms with E-state index in [1.165, 1.54) is 16.7 Å². The van der Waals surface area contributed by atoms with Gasteiger partial charge in [-0.2, -0.15) is 0 Å². The summed E-state index contributed by atoms with van der Waals surface area (Å²) in [5.41, 5.74) is 0.499. The second kappa shape index (κ2) is 10.8. The molecule has 2 aliphatic rings. The number of anilines is 1. The predicted molar refractivity (Wildman–Crippen MR) is 125 cm³/mol. The maximum absolute atomic E-state index is 13.4. The molecule has 3 amide bonds. The van der Waals surface area contributed by atoms with Gasteiger partial charge < -0.3 is 9.64 Å². The Morgan fingerprint density at radius 1 is 1.12 bits per heavy atom. The molecule has 2 fully saturated rings. The van der Waals surface area contributed by atoms with Crippen molar-refractivity contribution in [3.8, 4) is 5.75 Å². The number of imide groups is 1. The molecule has 4 rings (SSSR count). The van der Waals surface area contributed by atoms with Crippen molar-refractivity contribution in [2.45, 2.75) is 62.7 Å². The summed E-state index contributed by atoms with van der Waals surface area (Å²) in [6.45, 7) is 2.43. The number of carbonyl (C=O) groups excluding carboxylic acids is 3. The molecule has 0 radical (unpaired) electrons. The molecule has 2 heterocycles. The first kappa shape index (κ1) is 23.2. The fourth-order valence-corrected chi connectivity index (χ4v) is 5.19. The SMILES string of the molecule is CCOc1ccc(N2C(=O)CC(N(C(=O)CSc3ncccn3)C3CCCCC3)C2=O)cc1. The number of carbonyl (C=O) groups is 3. The van der Waals surface area contributed by atoms with Crippen LogP contribution in [0, 0.1) is 0 Å². The van der Waals surface area contributed by atoms with E-state index in [-0.39, 0.29) is 35.9 Å². The topological polar surface area (TPSA) is 92.7 Å². The van der Waals surface area contributed by atoms with E-state index in [2.05, 4.69) is 9.97 Å². The molecule has 1 aromatic heterocycles. The Morgan fingerprint density at radius 3 is 2.48 bits per heavy atom. The van der Waals surface area contributed by atoms with Crippen LogP contribution in [0.4, 0.5) is 5.69 Å². The van der Waals surface area contributed by atoms with Crippen LogP contribution in [0.5, 0.6) is 5.75 Å². The van der Waals surface area contributed by atoms with Crippen molar-refractivity contribution in [1.29, 1.82) is 0 Å². The Labute approximate surface area is 197 Å². The van der Waals surface area contributed by atoms with Gasteiger partial charge in [-0.05, 0) is 50.1 Å². The number of aromatic nitrogens is 2. The summed E-state index contributed by atoms with van der Waals surface area (Å²) >= 11 is 1.25. The Balaban J connectivity index is 1.53. The molecular formula is C24H28N4O4S. The van der Waals surface area contributed by atoms with E-state index in [4.69, 9.17) is 4.74 Å². The third-order valence-corrected chi connectivity index (χ3v) is 6.85. The molecule has 1 aromatic carbocycles. The van der Waals surface area contributed by atoms with Crippen molar-refractivity contribution in [3.05, 3.63) is 42.7 Å². The molecule has 1 saturated carbocycles. The Bertz CT molecular complexity index is 980. The predicted octanol–water partition coefficient (Wildman–Crippen LogP) is 3.46. The van der Waals surface area contributed by atoms with Gasteiger partial charge in [0.1, 0.15) is 11.8 Å². The van der Waals surface area contributed by atoms with Gasteiger partial charge in [-0.1, -0.05) is 31.0 Å². The van der Waals surface area contributed by atoms with E-state index in [0.29, 0.717) is 23.2 Å². The molecule has 0 N–H and O–H groups in total. The highest BCUT2D eigenvalue weighted by Gasteiger charge is 2.46. The molecular weight excluding hydrogens is 440 g/mol. The highest BCUT2D eigenvalue weighted by molar-refractivity contribution is 7.99. The third-order valence-electron chi connectivity index (χ3n) is 5.99. The highest BCUT2D eigenvalue weighted by atomic mass is 32.2. The van der Waals surface area contributed by atoms with Crippen LogP contribution in [0.3, 0.4) is 0 Å². The number of amides is 3. The largest absolute Gasteiger partial charge is 0.494 e. The minimum Gasteiger partial charge on any atom is -0.494 e. The van der Waals surface area contributed by atoms with E-state index >= 15 is 0 Å². The van der Waals surface area contributed by atoms with E-state index in [9.17, 15) is 14.4 Å². The van der Waals surface area contributed by atoms with Gasteiger partial charge in [0.05, 0.1) is 24.5 Å². The van der Waals surface area contributed by atoms with Gasteiger partial charge in [0, 0.05) is 18.4 Å². The smallest absolute Gasteiger partial charge is 0.257 e.